The third-order valence-corrected chi connectivity index (χ3v) is 3.50. The molecule has 1 atom stereocenters. The molecule has 6 heteroatoms. The van der Waals surface area contributed by atoms with Crippen molar-refractivity contribution in [3.63, 3.8) is 0 Å². The highest BCUT2D eigenvalue weighted by molar-refractivity contribution is 5.79. The van der Waals surface area contributed by atoms with Gasteiger partial charge in [-0.1, -0.05) is 6.07 Å². The number of ether oxygens (including phenoxy) is 2. The minimum atomic E-state index is -0.344. The maximum absolute atomic E-state index is 13.8. The molecule has 0 aliphatic carbocycles. The highest BCUT2D eigenvalue weighted by atomic mass is 19.1. The largest absolute Gasteiger partial charge is 0.491 e. The average Bonchev–Trinajstić information content (AvgIpc) is 3.03. The summed E-state index contributed by atoms with van der Waals surface area (Å²) >= 11 is 0. The standard InChI is InChI=1S/C16H24FN3O2/c1-3-21-15-7-6-12(9-14(15)17)10-19-16(18-2)20-11-13-5-4-8-22-13/h6-7,9,13H,3-5,8,10-11H2,1-2H3,(H2,18,19,20). The van der Waals surface area contributed by atoms with Gasteiger partial charge in [0, 0.05) is 26.7 Å². The third kappa shape index (κ3) is 4.87. The zero-order chi connectivity index (χ0) is 15.8. The van der Waals surface area contributed by atoms with Crippen molar-refractivity contribution < 1.29 is 13.9 Å². The normalized spacial score (nSPS) is 18.3. The van der Waals surface area contributed by atoms with Crippen molar-refractivity contribution in [2.45, 2.75) is 32.4 Å². The fraction of sp³-hybridized carbons (Fsp3) is 0.562. The third-order valence-electron chi connectivity index (χ3n) is 3.50. The lowest BCUT2D eigenvalue weighted by atomic mass is 10.2. The maximum Gasteiger partial charge on any atom is 0.191 e. The van der Waals surface area contributed by atoms with E-state index in [1.807, 2.05) is 13.0 Å². The summed E-state index contributed by atoms with van der Waals surface area (Å²) in [6.07, 6.45) is 2.44. The predicted octanol–water partition coefficient (Wildman–Crippen LogP) is 2.07. The monoisotopic (exact) mass is 309 g/mol. The highest BCUT2D eigenvalue weighted by Gasteiger charge is 2.15. The Morgan fingerprint density at radius 1 is 1.45 bits per heavy atom. The van der Waals surface area contributed by atoms with Crippen LogP contribution in [0, 0.1) is 5.82 Å². The number of hydrogen-bond donors (Lipinski definition) is 2. The van der Waals surface area contributed by atoms with E-state index >= 15 is 0 Å². The quantitative estimate of drug-likeness (QED) is 0.624. The molecule has 22 heavy (non-hydrogen) atoms. The SMILES string of the molecule is CCOc1ccc(CNC(=NC)NCC2CCCO2)cc1F. The Kier molecular flexibility index (Phi) is 6.45. The van der Waals surface area contributed by atoms with Crippen LogP contribution >= 0.6 is 0 Å². The molecule has 2 rings (SSSR count). The number of halogens is 1. The van der Waals surface area contributed by atoms with Crippen molar-refractivity contribution in [1.82, 2.24) is 10.6 Å². The number of aliphatic imine (C=N–C) groups is 1. The fourth-order valence-electron chi connectivity index (χ4n) is 2.35. The van der Waals surface area contributed by atoms with Crippen LogP contribution in [0.15, 0.2) is 23.2 Å². The van der Waals surface area contributed by atoms with E-state index in [4.69, 9.17) is 9.47 Å². The van der Waals surface area contributed by atoms with Gasteiger partial charge in [0.15, 0.2) is 17.5 Å². The van der Waals surface area contributed by atoms with Gasteiger partial charge >= 0.3 is 0 Å². The number of guanidine groups is 1. The lowest BCUT2D eigenvalue weighted by Gasteiger charge is -2.15. The summed E-state index contributed by atoms with van der Waals surface area (Å²) in [6, 6.07) is 4.97. The van der Waals surface area contributed by atoms with Gasteiger partial charge in [0.25, 0.3) is 0 Å². The molecule has 1 aliphatic rings. The molecule has 2 N–H and O–H groups in total. The number of hydrogen-bond acceptors (Lipinski definition) is 3. The van der Waals surface area contributed by atoms with Crippen LogP contribution in [0.2, 0.25) is 0 Å². The van der Waals surface area contributed by atoms with Crippen molar-refractivity contribution >= 4 is 5.96 Å². The van der Waals surface area contributed by atoms with Gasteiger partial charge in [-0.3, -0.25) is 4.99 Å². The fourth-order valence-corrected chi connectivity index (χ4v) is 2.35. The number of rotatable bonds is 6. The Morgan fingerprint density at radius 2 is 2.32 bits per heavy atom. The van der Waals surface area contributed by atoms with Crippen LogP contribution in [0.25, 0.3) is 0 Å². The minimum Gasteiger partial charge on any atom is -0.491 e. The molecule has 0 radical (unpaired) electrons. The highest BCUT2D eigenvalue weighted by Crippen LogP contribution is 2.18. The summed E-state index contributed by atoms with van der Waals surface area (Å²) in [5, 5.41) is 6.39. The molecule has 1 aromatic carbocycles. The van der Waals surface area contributed by atoms with Gasteiger partial charge in [-0.25, -0.2) is 4.39 Å². The maximum atomic E-state index is 13.8. The van der Waals surface area contributed by atoms with Crippen LogP contribution in [-0.2, 0) is 11.3 Å². The first-order valence-corrected chi connectivity index (χ1v) is 7.70. The van der Waals surface area contributed by atoms with Gasteiger partial charge in [-0.2, -0.15) is 0 Å². The number of nitrogens with one attached hydrogen (secondary N) is 2. The zero-order valence-corrected chi connectivity index (χ0v) is 13.2. The first-order valence-electron chi connectivity index (χ1n) is 7.70. The summed E-state index contributed by atoms with van der Waals surface area (Å²) in [7, 11) is 1.71. The van der Waals surface area contributed by atoms with E-state index in [9.17, 15) is 4.39 Å². The Balaban J connectivity index is 1.81. The van der Waals surface area contributed by atoms with Crippen molar-refractivity contribution in [1.29, 1.82) is 0 Å². The van der Waals surface area contributed by atoms with Gasteiger partial charge < -0.3 is 20.1 Å². The van der Waals surface area contributed by atoms with E-state index in [1.54, 1.807) is 13.1 Å². The molecule has 5 nitrogen and oxygen atoms in total. The number of nitrogens with zero attached hydrogens (tertiary/aromatic N) is 1. The first kappa shape index (κ1) is 16.5. The molecule has 1 fully saturated rings. The van der Waals surface area contributed by atoms with E-state index < -0.39 is 0 Å². The van der Waals surface area contributed by atoms with E-state index in [-0.39, 0.29) is 17.7 Å². The Bertz CT molecular complexity index is 502. The van der Waals surface area contributed by atoms with Crippen molar-refractivity contribution in [2.24, 2.45) is 4.99 Å². The molecule has 1 aromatic rings. The van der Waals surface area contributed by atoms with Crippen LogP contribution in [0.1, 0.15) is 25.3 Å². The van der Waals surface area contributed by atoms with Crippen LogP contribution < -0.4 is 15.4 Å². The van der Waals surface area contributed by atoms with E-state index in [0.29, 0.717) is 19.1 Å². The van der Waals surface area contributed by atoms with Crippen LogP contribution in [-0.4, -0.2) is 38.9 Å². The summed E-state index contributed by atoms with van der Waals surface area (Å²) in [5.41, 5.74) is 0.834. The van der Waals surface area contributed by atoms with Crippen molar-refractivity contribution in [3.8, 4) is 5.75 Å². The lowest BCUT2D eigenvalue weighted by Crippen LogP contribution is -2.40. The lowest BCUT2D eigenvalue weighted by molar-refractivity contribution is 0.114. The molecule has 1 heterocycles. The zero-order valence-electron chi connectivity index (χ0n) is 13.2. The second kappa shape index (κ2) is 8.58. The minimum absolute atomic E-state index is 0.251. The molecular weight excluding hydrogens is 285 g/mol. The molecule has 0 spiro atoms. The predicted molar refractivity (Wildman–Crippen MR) is 84.7 cm³/mol. The van der Waals surface area contributed by atoms with Gasteiger partial charge in [-0.15, -0.1) is 0 Å². The molecule has 1 aliphatic heterocycles. The topological polar surface area (TPSA) is 54.9 Å². The molecule has 1 unspecified atom stereocenters. The number of benzene rings is 1. The molecule has 0 amide bonds. The summed E-state index contributed by atoms with van der Waals surface area (Å²) < 4.78 is 24.5. The molecule has 122 valence electrons. The van der Waals surface area contributed by atoms with Crippen LogP contribution in [0.5, 0.6) is 5.75 Å². The van der Waals surface area contributed by atoms with Crippen molar-refractivity contribution in [3.05, 3.63) is 29.6 Å². The molecular formula is C16H24FN3O2. The van der Waals surface area contributed by atoms with E-state index in [2.05, 4.69) is 15.6 Å². The molecule has 0 aromatic heterocycles. The summed E-state index contributed by atoms with van der Waals surface area (Å²) in [5.74, 6) is 0.625. The van der Waals surface area contributed by atoms with Crippen LogP contribution in [0.3, 0.4) is 0 Å². The van der Waals surface area contributed by atoms with Gasteiger partial charge in [0.05, 0.1) is 12.7 Å². The smallest absolute Gasteiger partial charge is 0.191 e. The molecule has 0 bridgehead atoms. The van der Waals surface area contributed by atoms with Crippen molar-refractivity contribution in [2.75, 3.05) is 26.8 Å². The Hall–Kier alpha value is -1.82. The van der Waals surface area contributed by atoms with Gasteiger partial charge in [0.1, 0.15) is 0 Å². The molecule has 1 saturated heterocycles. The Morgan fingerprint density at radius 3 is 2.95 bits per heavy atom. The first-order chi connectivity index (χ1) is 10.7. The summed E-state index contributed by atoms with van der Waals surface area (Å²) in [6.45, 7) is 4.35. The average molecular weight is 309 g/mol. The van der Waals surface area contributed by atoms with E-state index in [0.717, 1.165) is 31.6 Å². The van der Waals surface area contributed by atoms with Gasteiger partial charge in [0.2, 0.25) is 0 Å². The van der Waals surface area contributed by atoms with E-state index in [1.165, 1.54) is 6.07 Å². The Labute approximate surface area is 130 Å². The molecule has 0 saturated carbocycles. The van der Waals surface area contributed by atoms with Gasteiger partial charge in [-0.05, 0) is 37.5 Å². The second-order valence-corrected chi connectivity index (χ2v) is 5.14. The second-order valence-electron chi connectivity index (χ2n) is 5.14. The summed E-state index contributed by atoms with van der Waals surface area (Å²) in [4.78, 5) is 4.15. The van der Waals surface area contributed by atoms with Crippen LogP contribution in [0.4, 0.5) is 4.39 Å².